The number of likely N-dealkylation sites (tertiary alicyclic amines) is 1. The van der Waals surface area contributed by atoms with Gasteiger partial charge in [-0.15, -0.1) is 0 Å². The molecule has 3 rings (SSSR count). The Bertz CT molecular complexity index is 825. The van der Waals surface area contributed by atoms with Gasteiger partial charge in [-0.05, 0) is 56.5 Å². The molecule has 5 heteroatoms. The van der Waals surface area contributed by atoms with Crippen molar-refractivity contribution in [3.05, 3.63) is 64.7 Å². The molecule has 1 N–H and O–H groups in total. The van der Waals surface area contributed by atoms with Crippen LogP contribution in [0.1, 0.15) is 39.9 Å². The van der Waals surface area contributed by atoms with Gasteiger partial charge < -0.3 is 15.0 Å². The molecule has 0 aliphatic carbocycles. The lowest BCUT2D eigenvalue weighted by Gasteiger charge is -2.32. The molecule has 1 atom stereocenters. The fourth-order valence-corrected chi connectivity index (χ4v) is 3.73. The van der Waals surface area contributed by atoms with Crippen molar-refractivity contribution in [2.75, 3.05) is 20.2 Å². The summed E-state index contributed by atoms with van der Waals surface area (Å²) in [5.41, 5.74) is 3.88. The molecule has 2 amide bonds. The number of nitrogens with one attached hydrogen (secondary N) is 1. The maximum atomic E-state index is 12.9. The fraction of sp³-hybridized carbons (Fsp3) is 0.391. The van der Waals surface area contributed by atoms with Crippen molar-refractivity contribution in [3.8, 4) is 5.75 Å². The van der Waals surface area contributed by atoms with Gasteiger partial charge >= 0.3 is 0 Å². The third-order valence-electron chi connectivity index (χ3n) is 5.17. The number of piperidine rings is 1. The summed E-state index contributed by atoms with van der Waals surface area (Å²) in [6, 6.07) is 13.5. The van der Waals surface area contributed by atoms with Gasteiger partial charge in [0.25, 0.3) is 5.91 Å². The number of amides is 2. The molecule has 1 aliphatic heterocycles. The van der Waals surface area contributed by atoms with Gasteiger partial charge in [-0.3, -0.25) is 9.59 Å². The zero-order chi connectivity index (χ0) is 20.1. The number of aryl methyl sites for hydroxylation is 2. The number of rotatable bonds is 5. The second-order valence-electron chi connectivity index (χ2n) is 7.53. The van der Waals surface area contributed by atoms with Gasteiger partial charge in [0, 0.05) is 25.2 Å². The number of benzene rings is 2. The molecule has 5 nitrogen and oxygen atoms in total. The van der Waals surface area contributed by atoms with Gasteiger partial charge in [-0.25, -0.2) is 0 Å². The Hall–Kier alpha value is -2.82. The number of nitrogens with zero attached hydrogens (tertiary/aromatic N) is 1. The summed E-state index contributed by atoms with van der Waals surface area (Å²) in [4.78, 5) is 27.3. The van der Waals surface area contributed by atoms with E-state index < -0.39 is 0 Å². The molecular formula is C23H28N2O3. The van der Waals surface area contributed by atoms with Crippen LogP contribution in [0.5, 0.6) is 5.75 Å². The number of methoxy groups -OCH3 is 1. The van der Waals surface area contributed by atoms with Crippen molar-refractivity contribution in [2.24, 2.45) is 5.92 Å². The molecule has 0 saturated carbocycles. The van der Waals surface area contributed by atoms with Crippen molar-refractivity contribution in [1.82, 2.24) is 10.2 Å². The average Bonchev–Trinajstić information content (AvgIpc) is 2.71. The normalized spacial score (nSPS) is 16.5. The summed E-state index contributed by atoms with van der Waals surface area (Å²) < 4.78 is 5.15. The van der Waals surface area contributed by atoms with Crippen LogP contribution in [0.4, 0.5) is 0 Å². The minimum Gasteiger partial charge on any atom is -0.497 e. The predicted octanol–water partition coefficient (Wildman–Crippen LogP) is 3.48. The highest BCUT2D eigenvalue weighted by Crippen LogP contribution is 2.20. The van der Waals surface area contributed by atoms with Crippen molar-refractivity contribution in [2.45, 2.75) is 33.2 Å². The quantitative estimate of drug-likeness (QED) is 0.864. The average molecular weight is 380 g/mol. The summed E-state index contributed by atoms with van der Waals surface area (Å²) in [7, 11) is 1.63. The van der Waals surface area contributed by atoms with Crippen LogP contribution in [-0.4, -0.2) is 36.9 Å². The van der Waals surface area contributed by atoms with E-state index in [1.165, 1.54) is 0 Å². The minimum atomic E-state index is -0.165. The van der Waals surface area contributed by atoms with Crippen LogP contribution in [0.3, 0.4) is 0 Å². The first-order valence-corrected chi connectivity index (χ1v) is 9.74. The minimum absolute atomic E-state index is 0.00809. The molecule has 2 aromatic rings. The van der Waals surface area contributed by atoms with Crippen LogP contribution >= 0.6 is 0 Å². The second-order valence-corrected chi connectivity index (χ2v) is 7.53. The van der Waals surface area contributed by atoms with Crippen molar-refractivity contribution >= 4 is 11.8 Å². The summed E-state index contributed by atoms with van der Waals surface area (Å²) in [5, 5.41) is 3.01. The number of carbonyl (C=O) groups is 2. The molecule has 0 radical (unpaired) electrons. The lowest BCUT2D eigenvalue weighted by molar-refractivity contribution is -0.126. The van der Waals surface area contributed by atoms with Gasteiger partial charge in [0.15, 0.2) is 0 Å². The van der Waals surface area contributed by atoms with Crippen LogP contribution in [0.15, 0.2) is 42.5 Å². The van der Waals surface area contributed by atoms with Crippen LogP contribution in [0.2, 0.25) is 0 Å². The molecule has 1 fully saturated rings. The molecule has 1 aliphatic rings. The van der Waals surface area contributed by atoms with Crippen LogP contribution < -0.4 is 10.1 Å². The van der Waals surface area contributed by atoms with E-state index in [4.69, 9.17) is 4.74 Å². The summed E-state index contributed by atoms with van der Waals surface area (Å²) in [6.45, 7) is 5.64. The fourth-order valence-electron chi connectivity index (χ4n) is 3.73. The molecule has 1 heterocycles. The van der Waals surface area contributed by atoms with Crippen molar-refractivity contribution in [1.29, 1.82) is 0 Å². The molecule has 1 saturated heterocycles. The summed E-state index contributed by atoms with van der Waals surface area (Å²) in [6.07, 6.45) is 1.65. The number of hydrogen-bond acceptors (Lipinski definition) is 3. The molecule has 2 aromatic carbocycles. The van der Waals surface area contributed by atoms with E-state index in [9.17, 15) is 9.59 Å². The first kappa shape index (κ1) is 19.9. The lowest BCUT2D eigenvalue weighted by Crippen LogP contribution is -2.45. The zero-order valence-corrected chi connectivity index (χ0v) is 16.8. The maximum absolute atomic E-state index is 12.9. The van der Waals surface area contributed by atoms with Gasteiger partial charge in [0.1, 0.15) is 5.75 Å². The third-order valence-corrected chi connectivity index (χ3v) is 5.17. The number of hydrogen-bond donors (Lipinski definition) is 1. The van der Waals surface area contributed by atoms with E-state index in [1.807, 2.05) is 55.1 Å². The van der Waals surface area contributed by atoms with E-state index >= 15 is 0 Å². The summed E-state index contributed by atoms with van der Waals surface area (Å²) >= 11 is 0. The highest BCUT2D eigenvalue weighted by Gasteiger charge is 2.28. The van der Waals surface area contributed by atoms with Gasteiger partial charge in [-0.2, -0.15) is 0 Å². The molecular weight excluding hydrogens is 352 g/mol. The summed E-state index contributed by atoms with van der Waals surface area (Å²) in [5.74, 6) is 0.651. The van der Waals surface area contributed by atoms with Gasteiger partial charge in [0.05, 0.1) is 13.0 Å². The highest BCUT2D eigenvalue weighted by atomic mass is 16.5. The Morgan fingerprint density at radius 1 is 1.11 bits per heavy atom. The van der Waals surface area contributed by atoms with Crippen LogP contribution in [-0.2, 0) is 11.3 Å². The molecule has 28 heavy (non-hydrogen) atoms. The Balaban J connectivity index is 1.58. The zero-order valence-electron chi connectivity index (χ0n) is 16.8. The van der Waals surface area contributed by atoms with Gasteiger partial charge in [-0.1, -0.05) is 29.3 Å². The lowest BCUT2D eigenvalue weighted by atomic mass is 9.96. The van der Waals surface area contributed by atoms with E-state index in [-0.39, 0.29) is 17.7 Å². The van der Waals surface area contributed by atoms with Crippen molar-refractivity contribution in [3.63, 3.8) is 0 Å². The van der Waals surface area contributed by atoms with E-state index in [0.29, 0.717) is 25.2 Å². The highest BCUT2D eigenvalue weighted by molar-refractivity contribution is 5.95. The molecule has 1 unspecified atom stereocenters. The molecule has 0 aromatic heterocycles. The predicted molar refractivity (Wildman–Crippen MR) is 109 cm³/mol. The largest absolute Gasteiger partial charge is 0.497 e. The Morgan fingerprint density at radius 2 is 1.79 bits per heavy atom. The molecule has 0 bridgehead atoms. The third kappa shape index (κ3) is 4.91. The first-order chi connectivity index (χ1) is 13.5. The smallest absolute Gasteiger partial charge is 0.253 e. The SMILES string of the molecule is COc1ccc(CNC(=O)C2CCCN(C(=O)c3cc(C)cc(C)c3)C2)cc1. The van der Waals surface area contributed by atoms with Crippen LogP contribution in [0.25, 0.3) is 0 Å². The van der Waals surface area contributed by atoms with E-state index in [0.717, 1.165) is 35.3 Å². The second kappa shape index (κ2) is 8.91. The van der Waals surface area contributed by atoms with E-state index in [1.54, 1.807) is 7.11 Å². The first-order valence-electron chi connectivity index (χ1n) is 9.74. The topological polar surface area (TPSA) is 58.6 Å². The molecule has 148 valence electrons. The van der Waals surface area contributed by atoms with Gasteiger partial charge in [0.2, 0.25) is 5.91 Å². The van der Waals surface area contributed by atoms with E-state index in [2.05, 4.69) is 11.4 Å². The number of carbonyl (C=O) groups excluding carboxylic acids is 2. The monoisotopic (exact) mass is 380 g/mol. The maximum Gasteiger partial charge on any atom is 0.253 e. The molecule has 0 spiro atoms. The standard InChI is InChI=1S/C23H28N2O3/c1-16-11-17(2)13-20(12-16)23(27)25-10-4-5-19(15-25)22(26)24-14-18-6-8-21(28-3)9-7-18/h6-9,11-13,19H,4-5,10,14-15H2,1-3H3,(H,24,26). The van der Waals surface area contributed by atoms with Crippen LogP contribution in [0, 0.1) is 19.8 Å². The Labute approximate surface area is 166 Å². The Kier molecular flexibility index (Phi) is 6.34. The van der Waals surface area contributed by atoms with Crippen molar-refractivity contribution < 1.29 is 14.3 Å². The Morgan fingerprint density at radius 3 is 2.43 bits per heavy atom. The number of ether oxygens (including phenoxy) is 1.